The topological polar surface area (TPSA) is 82.6 Å². The summed E-state index contributed by atoms with van der Waals surface area (Å²) in [5.41, 5.74) is 2.67. The number of piperazine rings is 1. The quantitative estimate of drug-likeness (QED) is 0.457. The van der Waals surface area contributed by atoms with E-state index in [0.717, 1.165) is 48.6 Å². The number of hydrogen-bond acceptors (Lipinski definition) is 8. The maximum atomic E-state index is 12.7. The molecule has 2 aromatic carbocycles. The van der Waals surface area contributed by atoms with E-state index in [2.05, 4.69) is 43.4 Å². The molecule has 0 aliphatic carbocycles. The van der Waals surface area contributed by atoms with Crippen LogP contribution >= 0.6 is 18.7 Å². The summed E-state index contributed by atoms with van der Waals surface area (Å²) in [5.74, 6) is 1.70. The molecule has 0 bridgehead atoms. The first-order chi connectivity index (χ1) is 16.8. The minimum atomic E-state index is -2.49. The van der Waals surface area contributed by atoms with Crippen molar-refractivity contribution in [2.75, 3.05) is 61.6 Å². The molecule has 3 aromatic rings. The number of fused-ring (bicyclic) bond motifs is 3. The van der Waals surface area contributed by atoms with Crippen molar-refractivity contribution < 1.29 is 9.30 Å². The smallest absolute Gasteiger partial charge is 0.229 e. The number of para-hydroxylation sites is 1. The summed E-state index contributed by atoms with van der Waals surface area (Å²) in [6.45, 7) is 10.5. The highest BCUT2D eigenvalue weighted by molar-refractivity contribution is 7.70. The number of benzene rings is 2. The second kappa shape index (κ2) is 9.69. The van der Waals surface area contributed by atoms with E-state index in [1.54, 1.807) is 19.5 Å². The number of anilines is 5. The first-order valence-corrected chi connectivity index (χ1v) is 14.8. The lowest BCUT2D eigenvalue weighted by atomic mass is 10.1. The average molecular weight is 513 g/mol. The monoisotopic (exact) mass is 512 g/mol. The van der Waals surface area contributed by atoms with Crippen molar-refractivity contribution in [3.05, 3.63) is 53.7 Å². The molecule has 35 heavy (non-hydrogen) atoms. The van der Waals surface area contributed by atoms with Crippen molar-refractivity contribution in [2.45, 2.75) is 13.0 Å². The normalized spacial score (nSPS) is 17.8. The first-order valence-electron chi connectivity index (χ1n) is 11.8. The summed E-state index contributed by atoms with van der Waals surface area (Å²) in [4.78, 5) is 13.8. The van der Waals surface area contributed by atoms with Crippen LogP contribution in [0.15, 0.2) is 48.7 Å². The third-order valence-corrected chi connectivity index (χ3v) is 8.28. The molecule has 3 heterocycles. The number of aromatic nitrogens is 2. The fourth-order valence-electron chi connectivity index (χ4n) is 4.62. The highest BCUT2D eigenvalue weighted by Gasteiger charge is 2.32. The molecule has 1 saturated heterocycles. The number of nitrogens with zero attached hydrogens (tertiary/aromatic N) is 4. The maximum Gasteiger partial charge on any atom is 0.229 e. The van der Waals surface area contributed by atoms with Crippen LogP contribution in [0.25, 0.3) is 0 Å². The van der Waals surface area contributed by atoms with Crippen LogP contribution in [0.3, 0.4) is 0 Å². The molecule has 2 aliphatic rings. The lowest BCUT2D eigenvalue weighted by Gasteiger charge is -2.45. The van der Waals surface area contributed by atoms with Crippen molar-refractivity contribution in [3.8, 4) is 5.75 Å². The van der Waals surface area contributed by atoms with Crippen molar-refractivity contribution in [1.29, 1.82) is 0 Å². The Morgan fingerprint density at radius 2 is 2.00 bits per heavy atom. The Bertz CT molecular complexity index is 1280. The van der Waals surface area contributed by atoms with Gasteiger partial charge in [-0.15, -0.1) is 0 Å². The van der Waals surface area contributed by atoms with Crippen molar-refractivity contribution >= 4 is 52.9 Å². The van der Waals surface area contributed by atoms with E-state index in [0.29, 0.717) is 35.1 Å². The molecule has 0 unspecified atom stereocenters. The zero-order valence-corrected chi connectivity index (χ0v) is 21.8. The fraction of sp³-hybridized carbons (Fsp3) is 0.360. The molecule has 1 fully saturated rings. The highest BCUT2D eigenvalue weighted by Crippen LogP contribution is 2.39. The van der Waals surface area contributed by atoms with Crippen LogP contribution in [0.2, 0.25) is 5.02 Å². The minimum Gasteiger partial charge on any atom is -0.489 e. The van der Waals surface area contributed by atoms with Gasteiger partial charge in [0.1, 0.15) is 24.5 Å². The second-order valence-electron chi connectivity index (χ2n) is 9.24. The van der Waals surface area contributed by atoms with Crippen molar-refractivity contribution in [2.24, 2.45) is 0 Å². The minimum absolute atomic E-state index is 0.374. The Labute approximate surface area is 211 Å². The Hall–Kier alpha value is -2.80. The Morgan fingerprint density at radius 1 is 1.17 bits per heavy atom. The van der Waals surface area contributed by atoms with Gasteiger partial charge in [-0.3, -0.25) is 4.90 Å². The van der Waals surface area contributed by atoms with Gasteiger partial charge < -0.3 is 24.8 Å². The third-order valence-electron chi connectivity index (χ3n) is 6.45. The molecular weight excluding hydrogens is 483 g/mol. The largest absolute Gasteiger partial charge is 0.489 e. The molecule has 2 N–H and O–H groups in total. The molecule has 1 atom stereocenters. The van der Waals surface area contributed by atoms with E-state index in [9.17, 15) is 4.57 Å². The molecule has 8 nitrogen and oxygen atoms in total. The second-order valence-corrected chi connectivity index (χ2v) is 12.8. The lowest BCUT2D eigenvalue weighted by molar-refractivity contribution is 0.172. The van der Waals surface area contributed by atoms with Gasteiger partial charge in [-0.1, -0.05) is 30.7 Å². The Morgan fingerprint density at radius 3 is 2.80 bits per heavy atom. The third kappa shape index (κ3) is 5.10. The number of ether oxygens (including phenoxy) is 1. The van der Waals surface area contributed by atoms with Gasteiger partial charge in [0.05, 0.1) is 23.6 Å². The van der Waals surface area contributed by atoms with Gasteiger partial charge in [0.15, 0.2) is 5.82 Å². The SMILES string of the molecule is CCN1CCN2c3ccc(Nc4ncc(Cl)c(Nc5ccccc5P(C)(C)=O)n4)cc3OC[C@@H]2C1. The van der Waals surface area contributed by atoms with E-state index in [1.807, 2.05) is 36.4 Å². The van der Waals surface area contributed by atoms with E-state index < -0.39 is 7.14 Å². The summed E-state index contributed by atoms with van der Waals surface area (Å²) in [6.07, 6.45) is 1.55. The van der Waals surface area contributed by atoms with E-state index in [4.69, 9.17) is 16.3 Å². The van der Waals surface area contributed by atoms with Gasteiger partial charge in [-0.05, 0) is 44.1 Å². The van der Waals surface area contributed by atoms with E-state index >= 15 is 0 Å². The van der Waals surface area contributed by atoms with E-state index in [-0.39, 0.29) is 0 Å². The molecule has 10 heteroatoms. The summed E-state index contributed by atoms with van der Waals surface area (Å²) >= 11 is 6.38. The van der Waals surface area contributed by atoms with E-state index in [1.165, 1.54) is 0 Å². The van der Waals surface area contributed by atoms with Gasteiger partial charge in [0.2, 0.25) is 5.95 Å². The molecule has 5 rings (SSSR count). The van der Waals surface area contributed by atoms with Crippen molar-refractivity contribution in [3.63, 3.8) is 0 Å². The number of halogens is 1. The summed E-state index contributed by atoms with van der Waals surface area (Å²) in [7, 11) is -2.49. The Balaban J connectivity index is 1.35. The molecular formula is C25H30ClN6O2P. The van der Waals surface area contributed by atoms with Crippen LogP contribution in [0.1, 0.15) is 6.92 Å². The maximum absolute atomic E-state index is 12.7. The van der Waals surface area contributed by atoms with Crippen molar-refractivity contribution in [1.82, 2.24) is 14.9 Å². The van der Waals surface area contributed by atoms with Crippen LogP contribution in [-0.4, -0.2) is 67.0 Å². The van der Waals surface area contributed by atoms with Gasteiger partial charge in [-0.25, -0.2) is 4.98 Å². The number of nitrogens with one attached hydrogen (secondary N) is 2. The molecule has 0 amide bonds. The standard InChI is InChI=1S/C25H30ClN6O2P/c1-4-31-11-12-32-18(15-31)16-34-22-13-17(9-10-21(22)32)28-25-27-14-19(26)24(30-25)29-20-7-5-6-8-23(20)35(2,3)33/h5-10,13-14,18H,4,11-12,15-16H2,1-3H3,(H2,27,28,29,30)/t18-/m0/s1. The number of rotatable bonds is 6. The molecule has 1 aromatic heterocycles. The first kappa shape index (κ1) is 23.9. The zero-order valence-electron chi connectivity index (χ0n) is 20.2. The number of likely N-dealkylation sites (N-methyl/N-ethyl adjacent to an activating group) is 1. The van der Waals surface area contributed by atoms with Crippen LogP contribution in [0, 0.1) is 0 Å². The molecule has 184 valence electrons. The van der Waals surface area contributed by atoms with Crippen LogP contribution in [0.5, 0.6) is 5.75 Å². The summed E-state index contributed by atoms with van der Waals surface area (Å²) in [5, 5.41) is 7.61. The molecule has 0 radical (unpaired) electrons. The van der Waals surface area contributed by atoms with Crippen LogP contribution < -0.4 is 25.6 Å². The predicted octanol–water partition coefficient (Wildman–Crippen LogP) is 4.77. The number of hydrogen-bond donors (Lipinski definition) is 2. The molecule has 0 saturated carbocycles. The Kier molecular flexibility index (Phi) is 6.62. The van der Waals surface area contributed by atoms with Gasteiger partial charge >= 0.3 is 0 Å². The van der Waals surface area contributed by atoms with Gasteiger partial charge in [-0.2, -0.15) is 4.98 Å². The molecule has 0 spiro atoms. The van der Waals surface area contributed by atoms with Crippen LogP contribution in [0.4, 0.5) is 28.8 Å². The van der Waals surface area contributed by atoms with Gasteiger partial charge in [0, 0.05) is 36.7 Å². The lowest BCUT2D eigenvalue weighted by Crippen LogP contribution is -2.57. The predicted molar refractivity (Wildman–Crippen MR) is 144 cm³/mol. The van der Waals surface area contributed by atoms with Crippen LogP contribution in [-0.2, 0) is 4.57 Å². The highest BCUT2D eigenvalue weighted by atomic mass is 35.5. The summed E-state index contributed by atoms with van der Waals surface area (Å²) in [6, 6.07) is 14.0. The average Bonchev–Trinajstić information content (AvgIpc) is 2.85. The fourth-order valence-corrected chi connectivity index (χ4v) is 5.91. The molecule has 2 aliphatic heterocycles. The zero-order chi connectivity index (χ0) is 24.6. The summed E-state index contributed by atoms with van der Waals surface area (Å²) < 4.78 is 18.8. The van der Waals surface area contributed by atoms with Gasteiger partial charge in [0.25, 0.3) is 0 Å².